The molecular weight excluding hydrogens is 220 g/mol. The minimum Gasteiger partial charge on any atom is -0.313 e. The quantitative estimate of drug-likeness (QED) is 0.638. The predicted octanol–water partition coefficient (Wildman–Crippen LogP) is 3.81. The Kier molecular flexibility index (Phi) is 9.59. The summed E-state index contributed by atoms with van der Waals surface area (Å²) in [4.78, 5) is 2.66. The van der Waals surface area contributed by atoms with Crippen molar-refractivity contribution in [1.29, 1.82) is 0 Å². The molecule has 1 saturated carbocycles. The van der Waals surface area contributed by atoms with Crippen LogP contribution in [0.2, 0.25) is 0 Å². The summed E-state index contributed by atoms with van der Waals surface area (Å²) in [5, 5.41) is 3.76. The first-order valence-electron chi connectivity index (χ1n) is 8.32. The summed E-state index contributed by atoms with van der Waals surface area (Å²) in [5.41, 5.74) is 0. The van der Waals surface area contributed by atoms with Crippen LogP contribution in [-0.2, 0) is 0 Å². The Bertz CT molecular complexity index is 168. The van der Waals surface area contributed by atoms with Crippen LogP contribution in [0.1, 0.15) is 71.6 Å². The van der Waals surface area contributed by atoms with Gasteiger partial charge in [0.15, 0.2) is 0 Å². The van der Waals surface area contributed by atoms with Crippen molar-refractivity contribution in [2.75, 3.05) is 26.2 Å². The molecule has 2 nitrogen and oxygen atoms in total. The minimum absolute atomic E-state index is 0.818. The first-order valence-corrected chi connectivity index (χ1v) is 8.32. The van der Waals surface area contributed by atoms with Crippen LogP contribution in [0.25, 0.3) is 0 Å². The number of nitrogens with zero attached hydrogens (tertiary/aromatic N) is 1. The van der Waals surface area contributed by atoms with Gasteiger partial charge in [-0.05, 0) is 38.8 Å². The van der Waals surface area contributed by atoms with Gasteiger partial charge in [0.2, 0.25) is 0 Å². The van der Waals surface area contributed by atoms with Gasteiger partial charge in [-0.25, -0.2) is 0 Å². The van der Waals surface area contributed by atoms with Gasteiger partial charge in [0, 0.05) is 19.1 Å². The molecule has 0 atom stereocenters. The van der Waals surface area contributed by atoms with Crippen LogP contribution in [0.5, 0.6) is 0 Å². The monoisotopic (exact) mass is 254 g/mol. The molecule has 1 rings (SSSR count). The summed E-state index contributed by atoms with van der Waals surface area (Å²) < 4.78 is 0. The van der Waals surface area contributed by atoms with Gasteiger partial charge >= 0.3 is 0 Å². The van der Waals surface area contributed by atoms with Crippen molar-refractivity contribution in [1.82, 2.24) is 10.2 Å². The highest BCUT2D eigenvalue weighted by Crippen LogP contribution is 2.17. The summed E-state index contributed by atoms with van der Waals surface area (Å²) in [7, 11) is 0. The molecule has 0 aromatic carbocycles. The summed E-state index contributed by atoms with van der Waals surface area (Å²) in [6.07, 6.45) is 12.5. The maximum atomic E-state index is 3.76. The molecule has 0 saturated heterocycles. The van der Waals surface area contributed by atoms with E-state index in [1.54, 1.807) is 0 Å². The van der Waals surface area contributed by atoms with E-state index in [1.165, 1.54) is 84.0 Å². The van der Waals surface area contributed by atoms with Gasteiger partial charge in [0.05, 0.1) is 0 Å². The van der Waals surface area contributed by atoms with E-state index in [1.807, 2.05) is 0 Å². The molecule has 0 bridgehead atoms. The van der Waals surface area contributed by atoms with Gasteiger partial charge in [0.1, 0.15) is 0 Å². The zero-order chi connectivity index (χ0) is 13.1. The standard InChI is InChI=1S/C16H34N2/c1-3-5-13-18(14-6-4-2)15-12-17-16-10-8-7-9-11-16/h16-17H,3-15H2,1-2H3. The molecule has 0 unspecified atom stereocenters. The third kappa shape index (κ3) is 7.38. The summed E-state index contributed by atoms with van der Waals surface area (Å²) in [6.45, 7) is 9.61. The van der Waals surface area contributed by atoms with E-state index in [0.29, 0.717) is 0 Å². The Morgan fingerprint density at radius 3 is 2.06 bits per heavy atom. The maximum Gasteiger partial charge on any atom is 0.0107 e. The number of nitrogens with one attached hydrogen (secondary N) is 1. The molecule has 0 aromatic rings. The highest BCUT2D eigenvalue weighted by molar-refractivity contribution is 4.72. The van der Waals surface area contributed by atoms with Crippen molar-refractivity contribution >= 4 is 0 Å². The van der Waals surface area contributed by atoms with Crippen molar-refractivity contribution in [2.24, 2.45) is 0 Å². The van der Waals surface area contributed by atoms with Crippen molar-refractivity contribution < 1.29 is 0 Å². The van der Waals surface area contributed by atoms with Gasteiger partial charge in [0.25, 0.3) is 0 Å². The average Bonchev–Trinajstić information content (AvgIpc) is 2.42. The Labute approximate surface area is 115 Å². The number of hydrogen-bond acceptors (Lipinski definition) is 2. The van der Waals surface area contributed by atoms with E-state index < -0.39 is 0 Å². The van der Waals surface area contributed by atoms with E-state index in [-0.39, 0.29) is 0 Å². The Morgan fingerprint density at radius 1 is 0.889 bits per heavy atom. The summed E-state index contributed by atoms with van der Waals surface area (Å²) in [6, 6.07) is 0.818. The lowest BCUT2D eigenvalue weighted by Gasteiger charge is -2.26. The van der Waals surface area contributed by atoms with E-state index in [2.05, 4.69) is 24.1 Å². The molecular formula is C16H34N2. The van der Waals surface area contributed by atoms with Crippen LogP contribution in [-0.4, -0.2) is 37.1 Å². The van der Waals surface area contributed by atoms with Crippen molar-refractivity contribution in [3.8, 4) is 0 Å². The highest BCUT2D eigenvalue weighted by Gasteiger charge is 2.12. The van der Waals surface area contributed by atoms with Gasteiger partial charge < -0.3 is 10.2 Å². The number of hydrogen-bond donors (Lipinski definition) is 1. The Balaban J connectivity index is 2.10. The molecule has 1 aliphatic carbocycles. The zero-order valence-electron chi connectivity index (χ0n) is 12.7. The smallest absolute Gasteiger partial charge is 0.0107 e. The van der Waals surface area contributed by atoms with Crippen LogP contribution < -0.4 is 5.32 Å². The fourth-order valence-electron chi connectivity index (χ4n) is 2.83. The molecule has 0 radical (unpaired) electrons. The largest absolute Gasteiger partial charge is 0.313 e. The molecule has 0 aliphatic heterocycles. The average molecular weight is 254 g/mol. The van der Waals surface area contributed by atoms with E-state index in [9.17, 15) is 0 Å². The third-order valence-electron chi connectivity index (χ3n) is 4.12. The molecule has 1 N–H and O–H groups in total. The van der Waals surface area contributed by atoms with Crippen LogP contribution in [0, 0.1) is 0 Å². The van der Waals surface area contributed by atoms with Crippen LogP contribution in [0.4, 0.5) is 0 Å². The second kappa shape index (κ2) is 10.8. The second-order valence-electron chi connectivity index (χ2n) is 5.84. The number of rotatable bonds is 10. The van der Waals surface area contributed by atoms with Gasteiger partial charge in [-0.15, -0.1) is 0 Å². The van der Waals surface area contributed by atoms with Gasteiger partial charge in [-0.1, -0.05) is 46.0 Å². The lowest BCUT2D eigenvalue weighted by molar-refractivity contribution is 0.254. The van der Waals surface area contributed by atoms with Gasteiger partial charge in [-0.3, -0.25) is 0 Å². The molecule has 0 heterocycles. The molecule has 1 aliphatic rings. The molecule has 18 heavy (non-hydrogen) atoms. The molecule has 0 amide bonds. The van der Waals surface area contributed by atoms with Crippen LogP contribution in [0.3, 0.4) is 0 Å². The molecule has 0 spiro atoms. The molecule has 108 valence electrons. The maximum absolute atomic E-state index is 3.76. The summed E-state index contributed by atoms with van der Waals surface area (Å²) >= 11 is 0. The Hall–Kier alpha value is -0.0800. The van der Waals surface area contributed by atoms with Crippen LogP contribution >= 0.6 is 0 Å². The lowest BCUT2D eigenvalue weighted by Crippen LogP contribution is -2.38. The predicted molar refractivity (Wildman–Crippen MR) is 81.1 cm³/mol. The highest BCUT2D eigenvalue weighted by atomic mass is 15.1. The normalized spacial score (nSPS) is 17.5. The molecule has 0 aromatic heterocycles. The molecule has 2 heteroatoms. The fourth-order valence-corrected chi connectivity index (χ4v) is 2.83. The van der Waals surface area contributed by atoms with E-state index in [4.69, 9.17) is 0 Å². The van der Waals surface area contributed by atoms with Crippen molar-refractivity contribution in [2.45, 2.75) is 77.7 Å². The fraction of sp³-hybridized carbons (Fsp3) is 1.00. The zero-order valence-corrected chi connectivity index (χ0v) is 12.7. The van der Waals surface area contributed by atoms with Gasteiger partial charge in [-0.2, -0.15) is 0 Å². The molecule has 1 fully saturated rings. The lowest BCUT2D eigenvalue weighted by atomic mass is 9.95. The second-order valence-corrected chi connectivity index (χ2v) is 5.84. The minimum atomic E-state index is 0.818. The Morgan fingerprint density at radius 2 is 1.50 bits per heavy atom. The number of unbranched alkanes of at least 4 members (excludes halogenated alkanes) is 2. The third-order valence-corrected chi connectivity index (χ3v) is 4.12. The van der Waals surface area contributed by atoms with Crippen LogP contribution in [0.15, 0.2) is 0 Å². The van der Waals surface area contributed by atoms with E-state index in [0.717, 1.165) is 6.04 Å². The first kappa shape index (κ1) is 16.0. The topological polar surface area (TPSA) is 15.3 Å². The van der Waals surface area contributed by atoms with E-state index >= 15 is 0 Å². The van der Waals surface area contributed by atoms with Crippen molar-refractivity contribution in [3.05, 3.63) is 0 Å². The summed E-state index contributed by atoms with van der Waals surface area (Å²) in [5.74, 6) is 0. The van der Waals surface area contributed by atoms with Crippen molar-refractivity contribution in [3.63, 3.8) is 0 Å². The SMILES string of the molecule is CCCCN(CCCC)CCNC1CCCCC1. The first-order chi connectivity index (χ1) is 8.86.